The Hall–Kier alpha value is 0.820. The molecule has 0 aromatic rings. The van der Waals surface area contributed by atoms with E-state index in [1.165, 1.54) is 5.49 Å². The van der Waals surface area contributed by atoms with Gasteiger partial charge < -0.3 is 4.67 Å². The van der Waals surface area contributed by atoms with Crippen molar-refractivity contribution in [2.45, 2.75) is 39.5 Å². The van der Waals surface area contributed by atoms with E-state index < -0.39 is 5.70 Å². The van der Waals surface area contributed by atoms with Crippen LogP contribution in [0, 0.1) is 0 Å². The molecule has 0 fully saturated rings. The van der Waals surface area contributed by atoms with Gasteiger partial charge in [-0.05, 0) is 12.8 Å². The van der Waals surface area contributed by atoms with Crippen LogP contribution in [-0.2, 0) is 4.57 Å². The van der Waals surface area contributed by atoms with Gasteiger partial charge in [0.05, 0.1) is 5.49 Å². The second-order valence-corrected chi connectivity index (χ2v) is 11.8. The third kappa shape index (κ3) is 6.53. The van der Waals surface area contributed by atoms with E-state index in [0.29, 0.717) is 0 Å². The summed E-state index contributed by atoms with van der Waals surface area (Å²) in [7, 11) is 1.83. The van der Waals surface area contributed by atoms with Gasteiger partial charge in [0.1, 0.15) is 0 Å². The van der Waals surface area contributed by atoms with E-state index in [2.05, 4.69) is 13.8 Å². The van der Waals surface area contributed by atoms with Crippen molar-refractivity contribution < 1.29 is 4.57 Å². The van der Waals surface area contributed by atoms with Crippen LogP contribution < -0.4 is 0 Å². The van der Waals surface area contributed by atoms with Gasteiger partial charge in [-0.2, -0.15) is 0 Å². The molecular weight excluding hydrogens is 277 g/mol. The molecule has 2 nitrogen and oxygen atoms in total. The molecule has 6 heteroatoms. The Morgan fingerprint density at radius 1 is 1.19 bits per heavy atom. The highest BCUT2D eigenvalue weighted by atomic mass is 33.1. The molecule has 0 rings (SSSR count). The second-order valence-electron chi connectivity index (χ2n) is 3.52. The molecule has 0 atom stereocenters. The van der Waals surface area contributed by atoms with Crippen molar-refractivity contribution in [2.75, 3.05) is 18.6 Å². The van der Waals surface area contributed by atoms with E-state index in [1.807, 2.05) is 7.05 Å². The summed E-state index contributed by atoms with van der Waals surface area (Å²) in [4.78, 5) is 0. The quantitative estimate of drug-likeness (QED) is 0.318. The number of hydrogen-bond acceptors (Lipinski definition) is 4. The predicted octanol–water partition coefficient (Wildman–Crippen LogP) is 5.05. The maximum Gasteiger partial charge on any atom is 0.280 e. The van der Waals surface area contributed by atoms with Crippen LogP contribution in [0.3, 0.4) is 0 Å². The lowest BCUT2D eigenvalue weighted by Gasteiger charge is -2.24. The van der Waals surface area contributed by atoms with E-state index in [1.54, 1.807) is 27.4 Å². The van der Waals surface area contributed by atoms with Gasteiger partial charge in [-0.15, -0.1) is 0 Å². The van der Waals surface area contributed by atoms with Crippen LogP contribution in [0.4, 0.5) is 0 Å². The van der Waals surface area contributed by atoms with Crippen molar-refractivity contribution in [3.8, 4) is 0 Å². The normalized spacial score (nSPS) is 11.4. The zero-order valence-corrected chi connectivity index (χ0v) is 13.7. The molecule has 0 aliphatic rings. The molecule has 0 bridgehead atoms. The minimum Gasteiger partial charge on any atom is -0.307 e. The summed E-state index contributed by atoms with van der Waals surface area (Å²) in [6, 6.07) is 0. The van der Waals surface area contributed by atoms with E-state index in [-0.39, 0.29) is 0 Å². The molecule has 0 saturated carbocycles. The summed E-state index contributed by atoms with van der Waals surface area (Å²) in [6.45, 7) is 4.30. The first-order valence-electron chi connectivity index (χ1n) is 5.68. The second kappa shape index (κ2) is 9.81. The molecule has 0 heterocycles. The standard InChI is InChI=1S/C10H22NOPS3/c1-4-6-8-15-13(12,11(3)10-14)16-9-7-5-2/h10H,4-9H2,1-3H3. The average molecular weight is 299 g/mol. The zero-order valence-electron chi connectivity index (χ0n) is 10.3. The third-order valence-electron chi connectivity index (χ3n) is 2.04. The lowest BCUT2D eigenvalue weighted by molar-refractivity contribution is 0.571. The first-order valence-corrected chi connectivity index (χ1v) is 11.0. The fourth-order valence-corrected chi connectivity index (χ4v) is 9.30. The van der Waals surface area contributed by atoms with Crippen molar-refractivity contribution in [1.82, 2.24) is 4.67 Å². The first-order chi connectivity index (χ1) is 7.60. The molecule has 0 aliphatic carbocycles. The summed E-state index contributed by atoms with van der Waals surface area (Å²) in [5.41, 5.74) is -0.850. The Labute approximate surface area is 113 Å². The van der Waals surface area contributed by atoms with Gasteiger partial charge in [0, 0.05) is 18.6 Å². The number of rotatable bonds is 10. The van der Waals surface area contributed by atoms with E-state index >= 15 is 0 Å². The maximum absolute atomic E-state index is 12.6. The molecule has 16 heavy (non-hydrogen) atoms. The molecule has 0 amide bonds. The summed E-state index contributed by atoms with van der Waals surface area (Å²) in [6.07, 6.45) is 4.53. The third-order valence-corrected chi connectivity index (χ3v) is 11.5. The molecule has 0 saturated heterocycles. The minimum atomic E-state index is -2.36. The lowest BCUT2D eigenvalue weighted by Crippen LogP contribution is -2.08. The Morgan fingerprint density at radius 3 is 1.94 bits per heavy atom. The van der Waals surface area contributed by atoms with Crippen LogP contribution in [0.15, 0.2) is 0 Å². The van der Waals surface area contributed by atoms with Crippen molar-refractivity contribution >= 4 is 46.2 Å². The topological polar surface area (TPSA) is 20.3 Å². The van der Waals surface area contributed by atoms with Gasteiger partial charge in [-0.25, -0.2) is 0 Å². The largest absolute Gasteiger partial charge is 0.307 e. The molecule has 0 aliphatic heterocycles. The smallest absolute Gasteiger partial charge is 0.280 e. The maximum atomic E-state index is 12.6. The molecule has 96 valence electrons. The van der Waals surface area contributed by atoms with Crippen LogP contribution in [0.5, 0.6) is 0 Å². The van der Waals surface area contributed by atoms with Gasteiger partial charge in [-0.1, -0.05) is 61.7 Å². The predicted molar refractivity (Wildman–Crippen MR) is 83.8 cm³/mol. The fourth-order valence-electron chi connectivity index (χ4n) is 0.926. The van der Waals surface area contributed by atoms with Gasteiger partial charge >= 0.3 is 0 Å². The van der Waals surface area contributed by atoms with Crippen LogP contribution in [0.1, 0.15) is 39.5 Å². The number of nitrogens with zero attached hydrogens (tertiary/aromatic N) is 1. The summed E-state index contributed by atoms with van der Waals surface area (Å²) < 4.78 is 14.4. The Kier molecular flexibility index (Phi) is 10.3. The molecule has 0 unspecified atom stereocenters. The van der Waals surface area contributed by atoms with E-state index in [4.69, 9.17) is 12.2 Å². The van der Waals surface area contributed by atoms with Crippen LogP contribution >= 0.6 is 40.7 Å². The van der Waals surface area contributed by atoms with E-state index in [0.717, 1.165) is 37.2 Å². The van der Waals surface area contributed by atoms with Crippen LogP contribution in [0.2, 0.25) is 0 Å². The number of unbranched alkanes of at least 4 members (excludes halogenated alkanes) is 2. The summed E-state index contributed by atoms with van der Waals surface area (Å²) in [5.74, 6) is 1.92. The number of thiocarbonyl (C=S) groups is 1. The molecule has 0 radical (unpaired) electrons. The highest BCUT2D eigenvalue weighted by molar-refractivity contribution is 8.90. The van der Waals surface area contributed by atoms with Crippen molar-refractivity contribution in [3.05, 3.63) is 0 Å². The monoisotopic (exact) mass is 299 g/mol. The lowest BCUT2D eigenvalue weighted by atomic mass is 10.4. The van der Waals surface area contributed by atoms with Crippen molar-refractivity contribution in [3.63, 3.8) is 0 Å². The first kappa shape index (κ1) is 16.8. The zero-order chi connectivity index (χ0) is 12.4. The molecular formula is C10H22NOPS3. The van der Waals surface area contributed by atoms with Gasteiger partial charge in [0.15, 0.2) is 0 Å². The van der Waals surface area contributed by atoms with E-state index in [9.17, 15) is 4.57 Å². The summed E-state index contributed by atoms with van der Waals surface area (Å²) >= 11 is 8.04. The molecule has 0 aromatic carbocycles. The Morgan fingerprint density at radius 2 is 1.62 bits per heavy atom. The Bertz CT molecular complexity index is 224. The van der Waals surface area contributed by atoms with Gasteiger partial charge in [-0.3, -0.25) is 4.57 Å². The van der Waals surface area contributed by atoms with Crippen molar-refractivity contribution in [1.29, 1.82) is 0 Å². The van der Waals surface area contributed by atoms with Gasteiger partial charge in [0.25, 0.3) is 5.70 Å². The Balaban J connectivity index is 4.25. The summed E-state index contributed by atoms with van der Waals surface area (Å²) in [5, 5.41) is 0. The highest BCUT2D eigenvalue weighted by Crippen LogP contribution is 2.70. The van der Waals surface area contributed by atoms with Gasteiger partial charge in [0.2, 0.25) is 0 Å². The van der Waals surface area contributed by atoms with Crippen LogP contribution in [-0.4, -0.2) is 28.7 Å². The molecule has 0 spiro atoms. The highest BCUT2D eigenvalue weighted by Gasteiger charge is 2.26. The van der Waals surface area contributed by atoms with Crippen molar-refractivity contribution in [2.24, 2.45) is 0 Å². The van der Waals surface area contributed by atoms with Crippen LogP contribution in [0.25, 0.3) is 0 Å². The number of hydrogen-bond donors (Lipinski definition) is 0. The minimum absolute atomic E-state index is 0.959. The molecule has 0 N–H and O–H groups in total. The average Bonchev–Trinajstić information content (AvgIpc) is 2.28. The molecule has 0 aromatic heterocycles. The SMILES string of the molecule is CCCCSP(=O)(SCCCC)N(C)C=S. The fraction of sp³-hybridized carbons (Fsp3) is 0.900.